The lowest BCUT2D eigenvalue weighted by Gasteiger charge is -2.30. The zero-order valence-corrected chi connectivity index (χ0v) is 16.3. The summed E-state index contributed by atoms with van der Waals surface area (Å²) in [7, 11) is -3.73. The van der Waals surface area contributed by atoms with Crippen LogP contribution in [0, 0.1) is 0 Å². The number of halogens is 2. The van der Waals surface area contributed by atoms with Gasteiger partial charge in [0, 0.05) is 28.2 Å². The quantitative estimate of drug-likeness (QED) is 0.655. The summed E-state index contributed by atoms with van der Waals surface area (Å²) >= 11 is 12.2. The lowest BCUT2D eigenvalue weighted by Crippen LogP contribution is -2.40. The minimum Gasteiger partial charge on any atom is -0.357 e. The van der Waals surface area contributed by atoms with Crippen LogP contribution in [0.15, 0.2) is 42.5 Å². The summed E-state index contributed by atoms with van der Waals surface area (Å²) in [6, 6.07) is 12.5. The topological polar surface area (TPSA) is 65.2 Å². The van der Waals surface area contributed by atoms with E-state index in [1.807, 2.05) is 25.1 Å². The second-order valence-corrected chi connectivity index (χ2v) is 9.00. The van der Waals surface area contributed by atoms with E-state index >= 15 is 0 Å². The first-order valence-corrected chi connectivity index (χ1v) is 10.4. The first-order valence-electron chi connectivity index (χ1n) is 8.17. The van der Waals surface area contributed by atoms with Gasteiger partial charge in [0.1, 0.15) is 0 Å². The number of H-pyrrole nitrogens is 1. The molecule has 0 radical (unpaired) electrons. The van der Waals surface area contributed by atoms with Gasteiger partial charge in [-0.2, -0.15) is 12.7 Å². The van der Waals surface area contributed by atoms with Crippen molar-refractivity contribution in [2.24, 2.45) is 0 Å². The second-order valence-electron chi connectivity index (χ2n) is 6.49. The molecule has 0 spiro atoms. The molecule has 1 unspecified atom stereocenters. The van der Waals surface area contributed by atoms with Crippen molar-refractivity contribution in [3.05, 3.63) is 63.8 Å². The number of aromatic nitrogens is 1. The van der Waals surface area contributed by atoms with Gasteiger partial charge in [0.2, 0.25) is 0 Å². The molecule has 0 amide bonds. The monoisotopic (exact) mass is 409 g/mol. The average Bonchev–Trinajstić information content (AvgIpc) is 2.95. The molecule has 26 heavy (non-hydrogen) atoms. The Balaban J connectivity index is 1.68. The maximum Gasteiger partial charge on any atom is 0.302 e. The van der Waals surface area contributed by atoms with E-state index in [2.05, 4.69) is 9.71 Å². The van der Waals surface area contributed by atoms with Crippen LogP contribution in [0.1, 0.15) is 24.1 Å². The Kier molecular flexibility index (Phi) is 4.39. The molecule has 0 saturated heterocycles. The highest BCUT2D eigenvalue weighted by atomic mass is 35.5. The normalized spacial score (nSPS) is 18.0. The fourth-order valence-electron chi connectivity index (χ4n) is 3.50. The smallest absolute Gasteiger partial charge is 0.302 e. The third-order valence-electron chi connectivity index (χ3n) is 4.64. The van der Waals surface area contributed by atoms with E-state index < -0.39 is 10.2 Å². The van der Waals surface area contributed by atoms with Crippen LogP contribution in [0.4, 0.5) is 5.69 Å². The average molecular weight is 410 g/mol. The first-order chi connectivity index (χ1) is 12.3. The van der Waals surface area contributed by atoms with Gasteiger partial charge in [-0.05, 0) is 41.8 Å². The SMILES string of the molecule is CC1CN(S(=O)(=O)Nc2ccccc2Cl)Cc2[nH]c3ccc(Cl)cc3c21. The minimum absolute atomic E-state index is 0.0359. The van der Waals surface area contributed by atoms with Gasteiger partial charge in [-0.25, -0.2) is 0 Å². The third kappa shape index (κ3) is 3.07. The molecule has 0 aliphatic carbocycles. The van der Waals surface area contributed by atoms with Crippen molar-refractivity contribution in [2.45, 2.75) is 19.4 Å². The van der Waals surface area contributed by atoms with Gasteiger partial charge in [0.05, 0.1) is 17.3 Å². The van der Waals surface area contributed by atoms with Crippen molar-refractivity contribution in [1.82, 2.24) is 9.29 Å². The highest BCUT2D eigenvalue weighted by Crippen LogP contribution is 2.36. The summed E-state index contributed by atoms with van der Waals surface area (Å²) in [6.45, 7) is 2.67. The van der Waals surface area contributed by atoms with Crippen molar-refractivity contribution in [3.63, 3.8) is 0 Å². The van der Waals surface area contributed by atoms with E-state index in [-0.39, 0.29) is 12.5 Å². The molecule has 1 aliphatic heterocycles. The largest absolute Gasteiger partial charge is 0.357 e. The molecule has 136 valence electrons. The fourth-order valence-corrected chi connectivity index (χ4v) is 5.21. The van der Waals surface area contributed by atoms with Crippen LogP contribution in [0.25, 0.3) is 10.9 Å². The zero-order valence-electron chi connectivity index (χ0n) is 14.0. The predicted octanol–water partition coefficient (Wildman–Crippen LogP) is 4.75. The van der Waals surface area contributed by atoms with Gasteiger partial charge < -0.3 is 4.98 Å². The summed E-state index contributed by atoms with van der Waals surface area (Å²) in [5.41, 5.74) is 3.36. The number of anilines is 1. The van der Waals surface area contributed by atoms with Crippen LogP contribution in [-0.2, 0) is 16.8 Å². The molecular weight excluding hydrogens is 393 g/mol. The van der Waals surface area contributed by atoms with E-state index in [0.717, 1.165) is 22.2 Å². The molecule has 8 heteroatoms. The fraction of sp³-hybridized carbons (Fsp3) is 0.222. The Bertz CT molecular complexity index is 1100. The number of nitrogens with zero attached hydrogens (tertiary/aromatic N) is 1. The molecule has 0 bridgehead atoms. The Labute approximate surface area is 162 Å². The van der Waals surface area contributed by atoms with E-state index in [9.17, 15) is 8.42 Å². The minimum atomic E-state index is -3.73. The van der Waals surface area contributed by atoms with Crippen LogP contribution in [0.5, 0.6) is 0 Å². The van der Waals surface area contributed by atoms with Crippen molar-refractivity contribution in [2.75, 3.05) is 11.3 Å². The summed E-state index contributed by atoms with van der Waals surface area (Å²) in [4.78, 5) is 3.33. The van der Waals surface area contributed by atoms with E-state index in [4.69, 9.17) is 23.2 Å². The Morgan fingerprint density at radius 2 is 1.96 bits per heavy atom. The highest BCUT2D eigenvalue weighted by Gasteiger charge is 2.33. The predicted molar refractivity (Wildman–Crippen MR) is 106 cm³/mol. The molecule has 1 atom stereocenters. The summed E-state index contributed by atoms with van der Waals surface area (Å²) in [5.74, 6) is 0.0359. The van der Waals surface area contributed by atoms with Crippen molar-refractivity contribution >= 4 is 50.0 Å². The number of hydrogen-bond donors (Lipinski definition) is 2. The number of nitrogens with one attached hydrogen (secondary N) is 2. The highest BCUT2D eigenvalue weighted by molar-refractivity contribution is 7.90. The summed E-state index contributed by atoms with van der Waals surface area (Å²) < 4.78 is 29.7. The summed E-state index contributed by atoms with van der Waals surface area (Å²) in [5, 5.41) is 2.08. The molecule has 4 rings (SSSR count). The number of rotatable bonds is 3. The maximum atomic E-state index is 12.9. The van der Waals surface area contributed by atoms with Gasteiger partial charge >= 0.3 is 10.2 Å². The number of fused-ring (bicyclic) bond motifs is 3. The van der Waals surface area contributed by atoms with Crippen molar-refractivity contribution in [3.8, 4) is 0 Å². The molecule has 0 saturated carbocycles. The molecular formula is C18H17Cl2N3O2S. The van der Waals surface area contributed by atoms with Crippen molar-refractivity contribution in [1.29, 1.82) is 0 Å². The van der Waals surface area contributed by atoms with Crippen LogP contribution in [0.3, 0.4) is 0 Å². The molecule has 1 aromatic heterocycles. The van der Waals surface area contributed by atoms with Gasteiger partial charge in [-0.1, -0.05) is 42.3 Å². The zero-order chi connectivity index (χ0) is 18.5. The lowest BCUT2D eigenvalue weighted by molar-refractivity contribution is 0.364. The van der Waals surface area contributed by atoms with Crippen LogP contribution >= 0.6 is 23.2 Å². The molecule has 3 aromatic rings. The maximum absolute atomic E-state index is 12.9. The Morgan fingerprint density at radius 1 is 1.19 bits per heavy atom. The van der Waals surface area contributed by atoms with E-state index in [0.29, 0.717) is 22.3 Å². The second kappa shape index (κ2) is 6.46. The van der Waals surface area contributed by atoms with Gasteiger partial charge in [-0.15, -0.1) is 0 Å². The molecule has 2 heterocycles. The van der Waals surface area contributed by atoms with Crippen LogP contribution < -0.4 is 4.72 Å². The number of hydrogen-bond acceptors (Lipinski definition) is 2. The number of para-hydroxylation sites is 1. The molecule has 0 fully saturated rings. The Hall–Kier alpha value is -1.73. The first kappa shape index (κ1) is 17.7. The van der Waals surface area contributed by atoms with Crippen LogP contribution in [0.2, 0.25) is 10.0 Å². The summed E-state index contributed by atoms with van der Waals surface area (Å²) in [6.07, 6.45) is 0. The van der Waals surface area contributed by atoms with Gasteiger partial charge in [-0.3, -0.25) is 4.72 Å². The molecule has 5 nitrogen and oxygen atoms in total. The third-order valence-corrected chi connectivity index (χ3v) is 6.64. The van der Waals surface area contributed by atoms with Gasteiger partial charge in [0.15, 0.2) is 0 Å². The van der Waals surface area contributed by atoms with E-state index in [1.165, 1.54) is 4.31 Å². The number of benzene rings is 2. The Morgan fingerprint density at radius 3 is 2.73 bits per heavy atom. The van der Waals surface area contributed by atoms with Crippen LogP contribution in [-0.4, -0.2) is 24.3 Å². The molecule has 2 aromatic carbocycles. The molecule has 1 aliphatic rings. The van der Waals surface area contributed by atoms with E-state index in [1.54, 1.807) is 24.3 Å². The van der Waals surface area contributed by atoms with Gasteiger partial charge in [0.25, 0.3) is 0 Å². The van der Waals surface area contributed by atoms with Crippen molar-refractivity contribution < 1.29 is 8.42 Å². The standard InChI is InChI=1S/C18H17Cl2N3O2S/c1-11-9-23(26(24,25)22-16-5-3-2-4-14(16)20)10-17-18(11)13-8-12(19)6-7-15(13)21-17/h2-8,11,21-22H,9-10H2,1H3. The number of aromatic amines is 1. The molecule has 2 N–H and O–H groups in total. The lowest BCUT2D eigenvalue weighted by atomic mass is 9.95.